The molecule has 1 fully saturated rings. The predicted molar refractivity (Wildman–Crippen MR) is 122 cm³/mol. The molecule has 0 unspecified atom stereocenters. The molecule has 0 aliphatic carbocycles. The lowest BCUT2D eigenvalue weighted by molar-refractivity contribution is 0.240. The second kappa shape index (κ2) is 8.35. The minimum atomic E-state index is 0.272. The van der Waals surface area contributed by atoms with Gasteiger partial charge in [-0.3, -0.25) is 4.57 Å². The number of fused-ring (bicyclic) bond motifs is 1. The number of nitrogens with zero attached hydrogens (tertiary/aromatic N) is 3. The number of aliphatic hydroxyl groups excluding tert-OH is 1. The van der Waals surface area contributed by atoms with Crippen molar-refractivity contribution in [2.24, 2.45) is 5.92 Å². The second-order valence-corrected chi connectivity index (χ2v) is 9.08. The van der Waals surface area contributed by atoms with E-state index in [0.717, 1.165) is 54.6 Å². The molecule has 0 spiro atoms. The molecular formula is C22H24Cl3N3O. The quantitative estimate of drug-likeness (QED) is 0.512. The Morgan fingerprint density at radius 3 is 2.34 bits per heavy atom. The van der Waals surface area contributed by atoms with Crippen molar-refractivity contribution in [2.75, 3.05) is 24.6 Å². The lowest BCUT2D eigenvalue weighted by atomic mass is 9.93. The van der Waals surface area contributed by atoms with Crippen molar-refractivity contribution in [3.63, 3.8) is 0 Å². The molecule has 29 heavy (non-hydrogen) atoms. The van der Waals surface area contributed by atoms with E-state index in [2.05, 4.69) is 17.9 Å². The molecule has 3 heterocycles. The van der Waals surface area contributed by atoms with Gasteiger partial charge in [0.2, 0.25) is 0 Å². The number of hydrogen-bond acceptors (Lipinski definition) is 3. The van der Waals surface area contributed by atoms with Crippen molar-refractivity contribution in [2.45, 2.75) is 33.1 Å². The van der Waals surface area contributed by atoms with Crippen LogP contribution in [0.4, 0.5) is 5.69 Å². The number of piperidine rings is 1. The summed E-state index contributed by atoms with van der Waals surface area (Å²) in [5.74, 6) is 0.604. The van der Waals surface area contributed by atoms with E-state index in [0.29, 0.717) is 26.7 Å². The van der Waals surface area contributed by atoms with Crippen molar-refractivity contribution >= 4 is 51.5 Å². The first kappa shape index (κ1) is 20.8. The van der Waals surface area contributed by atoms with E-state index in [4.69, 9.17) is 39.8 Å². The minimum Gasteiger partial charge on any atom is -0.396 e. The van der Waals surface area contributed by atoms with Crippen LogP contribution >= 0.6 is 34.8 Å². The van der Waals surface area contributed by atoms with E-state index in [9.17, 15) is 5.11 Å². The van der Waals surface area contributed by atoms with Crippen LogP contribution in [0.3, 0.4) is 0 Å². The number of aryl methyl sites for hydroxylation is 2. The highest BCUT2D eigenvalue weighted by Crippen LogP contribution is 2.39. The first-order valence-corrected chi connectivity index (χ1v) is 11.0. The Morgan fingerprint density at radius 2 is 1.72 bits per heavy atom. The molecule has 0 atom stereocenters. The highest BCUT2D eigenvalue weighted by Gasteiger charge is 2.24. The molecule has 1 saturated heterocycles. The molecule has 154 valence electrons. The van der Waals surface area contributed by atoms with Crippen LogP contribution in [0, 0.1) is 19.8 Å². The van der Waals surface area contributed by atoms with Gasteiger partial charge in [-0.2, -0.15) is 0 Å². The van der Waals surface area contributed by atoms with Crippen LogP contribution in [0.1, 0.15) is 30.5 Å². The summed E-state index contributed by atoms with van der Waals surface area (Å²) in [4.78, 5) is 7.27. The Morgan fingerprint density at radius 1 is 1.07 bits per heavy atom. The van der Waals surface area contributed by atoms with E-state index in [1.807, 2.05) is 17.7 Å². The fraction of sp³-hybridized carbons (Fsp3) is 0.409. The molecule has 4 nitrogen and oxygen atoms in total. The first-order valence-electron chi connectivity index (χ1n) is 9.89. The summed E-state index contributed by atoms with van der Waals surface area (Å²) in [5.41, 5.74) is 4.82. The fourth-order valence-corrected chi connectivity index (χ4v) is 5.34. The zero-order chi connectivity index (χ0) is 20.7. The van der Waals surface area contributed by atoms with Gasteiger partial charge in [0.05, 0.1) is 15.7 Å². The second-order valence-electron chi connectivity index (χ2n) is 7.82. The number of rotatable bonds is 4. The largest absolute Gasteiger partial charge is 0.396 e. The molecule has 1 aliphatic rings. The highest BCUT2D eigenvalue weighted by atomic mass is 35.5. The third-order valence-corrected chi connectivity index (χ3v) is 6.56. The van der Waals surface area contributed by atoms with Crippen molar-refractivity contribution < 1.29 is 5.11 Å². The molecule has 0 saturated carbocycles. The van der Waals surface area contributed by atoms with Crippen molar-refractivity contribution in [1.29, 1.82) is 0 Å². The van der Waals surface area contributed by atoms with Crippen LogP contribution in [0.15, 0.2) is 24.4 Å². The van der Waals surface area contributed by atoms with Gasteiger partial charge in [-0.05, 0) is 62.8 Å². The molecular weight excluding hydrogens is 429 g/mol. The van der Waals surface area contributed by atoms with Gasteiger partial charge >= 0.3 is 0 Å². The van der Waals surface area contributed by atoms with Gasteiger partial charge < -0.3 is 10.0 Å². The third-order valence-electron chi connectivity index (χ3n) is 5.77. The molecule has 1 N–H and O–H groups in total. The molecule has 3 aromatic rings. The maximum atomic E-state index is 9.23. The fourth-order valence-electron chi connectivity index (χ4n) is 4.34. The van der Waals surface area contributed by atoms with Crippen LogP contribution in [0.25, 0.3) is 16.7 Å². The van der Waals surface area contributed by atoms with Crippen LogP contribution in [-0.4, -0.2) is 34.4 Å². The molecule has 4 rings (SSSR count). The minimum absolute atomic E-state index is 0.272. The normalized spacial score (nSPS) is 15.4. The number of aliphatic hydroxyl groups is 1. The van der Waals surface area contributed by atoms with Gasteiger partial charge in [0.25, 0.3) is 0 Å². The van der Waals surface area contributed by atoms with Gasteiger partial charge in [0.15, 0.2) is 0 Å². The summed E-state index contributed by atoms with van der Waals surface area (Å²) in [6, 6.07) is 5.57. The number of pyridine rings is 1. The van der Waals surface area contributed by atoms with Crippen LogP contribution in [-0.2, 0) is 0 Å². The average molecular weight is 453 g/mol. The van der Waals surface area contributed by atoms with Gasteiger partial charge in [-0.1, -0.05) is 34.8 Å². The maximum Gasteiger partial charge on any atom is 0.147 e. The first-order chi connectivity index (χ1) is 13.9. The highest BCUT2D eigenvalue weighted by molar-refractivity contribution is 6.40. The smallest absolute Gasteiger partial charge is 0.147 e. The summed E-state index contributed by atoms with van der Waals surface area (Å²) in [5, 5.41) is 11.9. The van der Waals surface area contributed by atoms with Gasteiger partial charge in [0, 0.05) is 47.7 Å². The zero-order valence-corrected chi connectivity index (χ0v) is 18.8. The summed E-state index contributed by atoms with van der Waals surface area (Å²) in [7, 11) is 0. The summed E-state index contributed by atoms with van der Waals surface area (Å²) < 4.78 is 1.97. The zero-order valence-electron chi connectivity index (χ0n) is 16.6. The van der Waals surface area contributed by atoms with Crippen LogP contribution in [0.5, 0.6) is 0 Å². The average Bonchev–Trinajstić information content (AvgIpc) is 2.97. The standard InChI is InChI=1S/C22H24Cl3N3O/c1-13-12-28(21-17(24)10-16(23)11-18(21)25)22-20(13)19(9-14(2)26-22)27-6-3-15(4-7-27)5-8-29/h9-12,15,29H,3-8H2,1-2H3. The lowest BCUT2D eigenvalue weighted by Crippen LogP contribution is -2.34. The third kappa shape index (κ3) is 3.96. The predicted octanol–water partition coefficient (Wildman–Crippen LogP) is 6.20. The Bertz CT molecular complexity index is 1030. The van der Waals surface area contributed by atoms with Crippen LogP contribution < -0.4 is 4.90 Å². The summed E-state index contributed by atoms with van der Waals surface area (Å²) >= 11 is 19.1. The molecule has 0 radical (unpaired) electrons. The Labute approximate surface area is 186 Å². The number of hydrogen-bond donors (Lipinski definition) is 1. The summed E-state index contributed by atoms with van der Waals surface area (Å²) in [6.45, 7) is 6.34. The van der Waals surface area contributed by atoms with Crippen LogP contribution in [0.2, 0.25) is 15.1 Å². The number of halogens is 3. The number of aromatic nitrogens is 2. The SMILES string of the molecule is Cc1cc(N2CCC(CCO)CC2)c2c(C)cn(-c3c(Cl)cc(Cl)cc3Cl)c2n1. The van der Waals surface area contributed by atoms with Crippen molar-refractivity contribution in [1.82, 2.24) is 9.55 Å². The van der Waals surface area contributed by atoms with E-state index < -0.39 is 0 Å². The summed E-state index contributed by atoms with van der Waals surface area (Å²) in [6.07, 6.45) is 5.12. The van der Waals surface area contributed by atoms with Crippen molar-refractivity contribution in [3.05, 3.63) is 50.7 Å². The monoisotopic (exact) mass is 451 g/mol. The van der Waals surface area contributed by atoms with E-state index in [1.54, 1.807) is 12.1 Å². The Kier molecular flexibility index (Phi) is 5.99. The van der Waals surface area contributed by atoms with Gasteiger partial charge in [-0.25, -0.2) is 4.98 Å². The Hall–Kier alpha value is -1.46. The molecule has 0 amide bonds. The lowest BCUT2D eigenvalue weighted by Gasteiger charge is -2.34. The molecule has 0 bridgehead atoms. The van der Waals surface area contributed by atoms with E-state index in [1.165, 1.54) is 5.69 Å². The number of benzene rings is 1. The van der Waals surface area contributed by atoms with Crippen molar-refractivity contribution in [3.8, 4) is 5.69 Å². The number of anilines is 1. The Balaban J connectivity index is 1.82. The topological polar surface area (TPSA) is 41.3 Å². The van der Waals surface area contributed by atoms with Gasteiger partial charge in [-0.15, -0.1) is 0 Å². The van der Waals surface area contributed by atoms with E-state index in [-0.39, 0.29) is 6.61 Å². The maximum absolute atomic E-state index is 9.23. The molecule has 1 aliphatic heterocycles. The molecule has 7 heteroatoms. The molecule has 2 aromatic heterocycles. The molecule has 1 aromatic carbocycles. The van der Waals surface area contributed by atoms with E-state index >= 15 is 0 Å². The van der Waals surface area contributed by atoms with Gasteiger partial charge in [0.1, 0.15) is 5.65 Å².